The standard InChI is InChI=1S/C30H30FN3O3/c1-18(2)17-37-27-8-6-5-7-23(27)20-9-11-21(12-10-20)28-25(16-32-4)29(33-19(3)30(35)36)24-15-22(31)13-14-26(24)34-28/h5-16,18-19H,17H2,1-4H3,(H,33,34)(H,35,36). The third-order valence-electron chi connectivity index (χ3n) is 5.90. The van der Waals surface area contributed by atoms with Gasteiger partial charge >= 0.3 is 5.97 Å². The summed E-state index contributed by atoms with van der Waals surface area (Å²) in [5, 5.41) is 13.0. The van der Waals surface area contributed by atoms with Crippen LogP contribution in [0.4, 0.5) is 10.1 Å². The Kier molecular flexibility index (Phi) is 7.82. The first-order valence-electron chi connectivity index (χ1n) is 12.2. The molecule has 190 valence electrons. The molecule has 6 nitrogen and oxygen atoms in total. The predicted octanol–water partition coefficient (Wildman–Crippen LogP) is 6.68. The normalized spacial score (nSPS) is 12.3. The Balaban J connectivity index is 1.83. The SMILES string of the molecule is CN=Cc1c(-c2ccc(-c3ccccc3OCC(C)C)cc2)nc2ccc(F)cc2c1NC(C)C(=O)O. The maximum atomic E-state index is 14.2. The molecule has 0 amide bonds. The van der Waals surface area contributed by atoms with Gasteiger partial charge in [0.1, 0.15) is 17.6 Å². The van der Waals surface area contributed by atoms with Crippen LogP contribution in [0.2, 0.25) is 0 Å². The highest BCUT2D eigenvalue weighted by atomic mass is 19.1. The second kappa shape index (κ2) is 11.2. The van der Waals surface area contributed by atoms with E-state index in [0.29, 0.717) is 40.4 Å². The summed E-state index contributed by atoms with van der Waals surface area (Å²) < 4.78 is 20.2. The fraction of sp³-hybridized carbons (Fsp3) is 0.233. The molecule has 1 heterocycles. The largest absolute Gasteiger partial charge is 0.493 e. The molecule has 0 fully saturated rings. The molecular formula is C30H30FN3O3. The summed E-state index contributed by atoms with van der Waals surface area (Å²) in [4.78, 5) is 20.6. The van der Waals surface area contributed by atoms with Crippen LogP contribution < -0.4 is 10.1 Å². The van der Waals surface area contributed by atoms with Crippen LogP contribution >= 0.6 is 0 Å². The van der Waals surface area contributed by atoms with Gasteiger partial charge in [-0.2, -0.15) is 0 Å². The van der Waals surface area contributed by atoms with Gasteiger partial charge < -0.3 is 15.2 Å². The van der Waals surface area contributed by atoms with E-state index in [2.05, 4.69) is 24.2 Å². The molecule has 0 aliphatic rings. The van der Waals surface area contributed by atoms with Crippen LogP contribution in [0.3, 0.4) is 0 Å². The van der Waals surface area contributed by atoms with Gasteiger partial charge in [0.15, 0.2) is 0 Å². The average molecular weight is 500 g/mol. The molecule has 1 atom stereocenters. The summed E-state index contributed by atoms with van der Waals surface area (Å²) in [5.74, 6) is -0.226. The molecule has 1 aromatic heterocycles. The summed E-state index contributed by atoms with van der Waals surface area (Å²) in [7, 11) is 1.63. The third kappa shape index (κ3) is 5.77. The van der Waals surface area contributed by atoms with Crippen LogP contribution in [-0.4, -0.2) is 42.0 Å². The maximum Gasteiger partial charge on any atom is 0.325 e. The van der Waals surface area contributed by atoms with Crippen LogP contribution in [0.15, 0.2) is 71.7 Å². The number of rotatable bonds is 9. The molecule has 1 unspecified atom stereocenters. The van der Waals surface area contributed by atoms with Crippen molar-refractivity contribution in [3.05, 3.63) is 78.1 Å². The topological polar surface area (TPSA) is 83.8 Å². The molecule has 0 aliphatic carbocycles. The minimum atomic E-state index is -1.02. The van der Waals surface area contributed by atoms with Crippen LogP contribution in [0.5, 0.6) is 5.75 Å². The number of carbonyl (C=O) groups is 1. The number of aliphatic carboxylic acids is 1. The number of aromatic nitrogens is 1. The van der Waals surface area contributed by atoms with Gasteiger partial charge in [0.05, 0.1) is 23.5 Å². The minimum absolute atomic E-state index is 0.410. The lowest BCUT2D eigenvalue weighted by molar-refractivity contribution is -0.137. The van der Waals surface area contributed by atoms with Gasteiger partial charge in [0, 0.05) is 35.3 Å². The van der Waals surface area contributed by atoms with Crippen molar-refractivity contribution in [1.29, 1.82) is 0 Å². The van der Waals surface area contributed by atoms with Crippen molar-refractivity contribution < 1.29 is 19.0 Å². The Morgan fingerprint density at radius 1 is 1.08 bits per heavy atom. The molecule has 7 heteroatoms. The number of anilines is 1. The molecule has 0 spiro atoms. The molecular weight excluding hydrogens is 469 g/mol. The third-order valence-corrected chi connectivity index (χ3v) is 5.90. The second-order valence-corrected chi connectivity index (χ2v) is 9.28. The molecule has 4 aromatic rings. The highest BCUT2D eigenvalue weighted by Gasteiger charge is 2.20. The number of hydrogen-bond donors (Lipinski definition) is 2. The van der Waals surface area contributed by atoms with E-state index in [1.54, 1.807) is 19.3 Å². The number of nitrogens with zero attached hydrogens (tertiary/aromatic N) is 2. The first-order chi connectivity index (χ1) is 17.8. The maximum absolute atomic E-state index is 14.2. The fourth-order valence-corrected chi connectivity index (χ4v) is 4.05. The Hall–Kier alpha value is -4.26. The van der Waals surface area contributed by atoms with Crippen molar-refractivity contribution in [1.82, 2.24) is 4.98 Å². The lowest BCUT2D eigenvalue weighted by atomic mass is 9.98. The quantitative estimate of drug-likeness (QED) is 0.251. The van der Waals surface area contributed by atoms with Gasteiger partial charge in [0.25, 0.3) is 0 Å². The van der Waals surface area contributed by atoms with Gasteiger partial charge in [-0.15, -0.1) is 0 Å². The zero-order chi connectivity index (χ0) is 26.5. The molecule has 0 bridgehead atoms. The van der Waals surface area contributed by atoms with Crippen molar-refractivity contribution in [2.75, 3.05) is 19.0 Å². The van der Waals surface area contributed by atoms with Gasteiger partial charge in [-0.3, -0.25) is 9.79 Å². The Morgan fingerprint density at radius 3 is 2.46 bits per heavy atom. The number of benzene rings is 3. The molecule has 0 saturated carbocycles. The number of fused-ring (bicyclic) bond motifs is 1. The van der Waals surface area contributed by atoms with E-state index in [-0.39, 0.29) is 0 Å². The number of halogens is 1. The summed E-state index contributed by atoms with van der Waals surface area (Å²) in [6.07, 6.45) is 1.62. The van der Waals surface area contributed by atoms with Crippen molar-refractivity contribution in [3.8, 4) is 28.1 Å². The van der Waals surface area contributed by atoms with Gasteiger partial charge in [-0.05, 0) is 42.7 Å². The zero-order valence-electron chi connectivity index (χ0n) is 21.3. The van der Waals surface area contributed by atoms with Gasteiger partial charge in [0.2, 0.25) is 0 Å². The zero-order valence-corrected chi connectivity index (χ0v) is 21.3. The molecule has 4 rings (SSSR count). The number of aliphatic imine (C=N–C) groups is 1. The lowest BCUT2D eigenvalue weighted by Gasteiger charge is -2.19. The van der Waals surface area contributed by atoms with Gasteiger partial charge in [-0.25, -0.2) is 9.37 Å². The molecule has 2 N–H and O–H groups in total. The van der Waals surface area contributed by atoms with Crippen molar-refractivity contribution in [2.24, 2.45) is 10.9 Å². The number of ether oxygens (including phenoxy) is 1. The van der Waals surface area contributed by atoms with Crippen LogP contribution in [0.1, 0.15) is 26.3 Å². The number of pyridine rings is 1. The molecule has 37 heavy (non-hydrogen) atoms. The molecule has 0 saturated heterocycles. The molecule has 0 aliphatic heterocycles. The number of carboxylic acid groups (broad SMARTS) is 1. The van der Waals surface area contributed by atoms with Gasteiger partial charge in [-0.1, -0.05) is 56.3 Å². The Bertz CT molecular complexity index is 1450. The highest BCUT2D eigenvalue weighted by molar-refractivity contribution is 6.07. The summed E-state index contributed by atoms with van der Waals surface area (Å²) in [6.45, 7) is 6.38. The van der Waals surface area contributed by atoms with Crippen molar-refractivity contribution in [2.45, 2.75) is 26.8 Å². The van der Waals surface area contributed by atoms with E-state index < -0.39 is 17.8 Å². The first kappa shape index (κ1) is 25.8. The lowest BCUT2D eigenvalue weighted by Crippen LogP contribution is -2.26. The molecule has 3 aromatic carbocycles. The van der Waals surface area contributed by atoms with E-state index in [1.807, 2.05) is 48.5 Å². The summed E-state index contributed by atoms with van der Waals surface area (Å²) in [5.41, 5.74) is 5.01. The smallest absolute Gasteiger partial charge is 0.325 e. The van der Waals surface area contributed by atoms with E-state index >= 15 is 0 Å². The Morgan fingerprint density at radius 2 is 1.78 bits per heavy atom. The summed E-state index contributed by atoms with van der Waals surface area (Å²) in [6, 6.07) is 19.2. The van der Waals surface area contributed by atoms with E-state index in [9.17, 15) is 14.3 Å². The number of nitrogens with one attached hydrogen (secondary N) is 1. The number of para-hydroxylation sites is 1. The monoisotopic (exact) mass is 499 g/mol. The van der Waals surface area contributed by atoms with Crippen molar-refractivity contribution in [3.63, 3.8) is 0 Å². The fourth-order valence-electron chi connectivity index (χ4n) is 4.05. The average Bonchev–Trinajstić information content (AvgIpc) is 2.89. The van der Waals surface area contributed by atoms with Crippen LogP contribution in [0, 0.1) is 11.7 Å². The Labute approximate surface area is 215 Å². The van der Waals surface area contributed by atoms with E-state index in [4.69, 9.17) is 9.72 Å². The number of hydrogen-bond acceptors (Lipinski definition) is 5. The van der Waals surface area contributed by atoms with Crippen LogP contribution in [0.25, 0.3) is 33.3 Å². The van der Waals surface area contributed by atoms with E-state index in [1.165, 1.54) is 19.1 Å². The highest BCUT2D eigenvalue weighted by Crippen LogP contribution is 2.36. The van der Waals surface area contributed by atoms with Crippen molar-refractivity contribution >= 4 is 28.8 Å². The number of carboxylic acids is 1. The molecule has 0 radical (unpaired) electrons. The minimum Gasteiger partial charge on any atom is -0.493 e. The first-order valence-corrected chi connectivity index (χ1v) is 12.2. The van der Waals surface area contributed by atoms with E-state index in [0.717, 1.165) is 22.4 Å². The summed E-state index contributed by atoms with van der Waals surface area (Å²) >= 11 is 0. The van der Waals surface area contributed by atoms with Crippen LogP contribution in [-0.2, 0) is 4.79 Å². The predicted molar refractivity (Wildman–Crippen MR) is 147 cm³/mol. The second-order valence-electron chi connectivity index (χ2n) is 9.28.